The van der Waals surface area contributed by atoms with Crippen LogP contribution in [0.4, 0.5) is 0 Å². The summed E-state index contributed by atoms with van der Waals surface area (Å²) in [4.78, 5) is 14.5. The quantitative estimate of drug-likeness (QED) is 0.752. The third-order valence-corrected chi connectivity index (χ3v) is 3.10. The van der Waals surface area contributed by atoms with Gasteiger partial charge in [0.25, 0.3) is 0 Å². The van der Waals surface area contributed by atoms with E-state index in [1.54, 1.807) is 6.20 Å². The molecule has 1 unspecified atom stereocenters. The minimum atomic E-state index is -0.549. The monoisotopic (exact) mass is 259 g/mol. The molecule has 0 saturated heterocycles. The van der Waals surface area contributed by atoms with Crippen molar-refractivity contribution in [2.75, 3.05) is 0 Å². The van der Waals surface area contributed by atoms with Crippen LogP contribution in [0.5, 0.6) is 0 Å². The second-order valence-electron chi connectivity index (χ2n) is 4.67. The van der Waals surface area contributed by atoms with Crippen LogP contribution in [0.2, 0.25) is 0 Å². The Morgan fingerprint density at radius 3 is 2.58 bits per heavy atom. The van der Waals surface area contributed by atoms with Crippen molar-refractivity contribution in [3.63, 3.8) is 0 Å². The fraction of sp³-hybridized carbons (Fsp3) is 0.375. The van der Waals surface area contributed by atoms with Crippen molar-refractivity contribution in [1.29, 1.82) is 0 Å². The molecule has 1 aromatic rings. The maximum atomic E-state index is 10.9. The van der Waals surface area contributed by atoms with Gasteiger partial charge in [-0.25, -0.2) is 4.79 Å². The lowest BCUT2D eigenvalue weighted by Gasteiger charge is -2.17. The van der Waals surface area contributed by atoms with Crippen molar-refractivity contribution >= 4 is 12.2 Å². The summed E-state index contributed by atoms with van der Waals surface area (Å²) < 4.78 is 5.01. The zero-order chi connectivity index (χ0) is 14.3. The number of hydrogen-bond acceptors (Lipinski definition) is 3. The Hall–Kier alpha value is -1.90. The summed E-state index contributed by atoms with van der Waals surface area (Å²) in [5, 5.41) is 0. The molecule has 3 nitrogen and oxygen atoms in total. The Bertz CT molecular complexity index is 540. The van der Waals surface area contributed by atoms with E-state index < -0.39 is 5.76 Å². The second kappa shape index (κ2) is 6.88. The van der Waals surface area contributed by atoms with Crippen molar-refractivity contribution in [2.45, 2.75) is 33.6 Å². The van der Waals surface area contributed by atoms with E-state index in [1.165, 1.54) is 0 Å². The van der Waals surface area contributed by atoms with Crippen molar-refractivity contribution in [2.24, 2.45) is 5.41 Å². The van der Waals surface area contributed by atoms with Crippen molar-refractivity contribution < 1.29 is 4.42 Å². The molecule has 1 aliphatic carbocycles. The molecular formula is C16H21NO2. The normalized spacial score (nSPS) is 19.9. The summed E-state index contributed by atoms with van der Waals surface area (Å²) in [6, 6.07) is 0. The Morgan fingerprint density at radius 2 is 2.00 bits per heavy atom. The van der Waals surface area contributed by atoms with E-state index in [9.17, 15) is 4.79 Å². The summed E-state index contributed by atoms with van der Waals surface area (Å²) in [6.07, 6.45) is 13.5. The highest BCUT2D eigenvalue weighted by Gasteiger charge is 2.17. The van der Waals surface area contributed by atoms with Crippen LogP contribution in [0.1, 0.15) is 44.9 Å². The smallest absolute Gasteiger partial charge is 0.408 e. The fourth-order valence-electron chi connectivity index (χ4n) is 1.46. The molecule has 0 aromatic carbocycles. The first-order chi connectivity index (χ1) is 9.04. The highest BCUT2D eigenvalue weighted by molar-refractivity contribution is 5.64. The van der Waals surface area contributed by atoms with E-state index in [-0.39, 0.29) is 5.41 Å². The minimum absolute atomic E-state index is 0.0254. The zero-order valence-corrected chi connectivity index (χ0v) is 11.8. The van der Waals surface area contributed by atoms with E-state index >= 15 is 0 Å². The van der Waals surface area contributed by atoms with Crippen LogP contribution >= 0.6 is 0 Å². The van der Waals surface area contributed by atoms with Gasteiger partial charge < -0.3 is 4.42 Å². The molecular weight excluding hydrogens is 238 g/mol. The second-order valence-corrected chi connectivity index (χ2v) is 4.67. The lowest BCUT2D eigenvalue weighted by Crippen LogP contribution is -2.05. The van der Waals surface area contributed by atoms with Crippen LogP contribution < -0.4 is 5.76 Å². The molecule has 3 heteroatoms. The van der Waals surface area contributed by atoms with Crippen LogP contribution in [0.15, 0.2) is 40.2 Å². The number of fused-ring (bicyclic) bond motifs is 1. The molecule has 1 heterocycles. The number of rotatable bonds is 2. The fourth-order valence-corrected chi connectivity index (χ4v) is 1.46. The average Bonchev–Trinajstić information content (AvgIpc) is 2.60. The van der Waals surface area contributed by atoms with Gasteiger partial charge in [-0.2, -0.15) is 4.98 Å². The van der Waals surface area contributed by atoms with Crippen molar-refractivity contribution in [3.8, 4) is 0 Å². The Morgan fingerprint density at radius 1 is 1.37 bits per heavy atom. The lowest BCUT2D eigenvalue weighted by atomic mass is 9.87. The van der Waals surface area contributed by atoms with Gasteiger partial charge in [0.05, 0.1) is 0 Å². The number of hydrogen-bond donors (Lipinski definition) is 0. The van der Waals surface area contributed by atoms with Crippen LogP contribution in [0.3, 0.4) is 0 Å². The van der Waals surface area contributed by atoms with Gasteiger partial charge in [0, 0.05) is 17.2 Å². The Labute approximate surface area is 114 Å². The minimum Gasteiger partial charge on any atom is -0.408 e. The summed E-state index contributed by atoms with van der Waals surface area (Å²) in [5.74, 6) is 0.0373. The molecule has 0 amide bonds. The standard InChI is InChI=1S/C12H13NO2.C4H8/c1-3-12(2)6-4-9-8-13-11(14)15-10(9)5-7-12;1-3-4-2/h4-8H,3H2,1-2H3;3H,1,4H2,2H3. The van der Waals surface area contributed by atoms with Gasteiger partial charge >= 0.3 is 5.76 Å². The molecule has 102 valence electrons. The van der Waals surface area contributed by atoms with Gasteiger partial charge in [-0.05, 0) is 18.9 Å². The number of allylic oxidation sites excluding steroid dienone is 3. The Kier molecular flexibility index (Phi) is 5.49. The largest absolute Gasteiger partial charge is 0.439 e. The molecule has 0 bridgehead atoms. The highest BCUT2D eigenvalue weighted by Crippen LogP contribution is 2.30. The maximum absolute atomic E-state index is 10.9. The first-order valence-electron chi connectivity index (χ1n) is 6.54. The molecule has 2 rings (SSSR count). The average molecular weight is 259 g/mol. The van der Waals surface area contributed by atoms with Crippen molar-refractivity contribution in [1.82, 2.24) is 4.98 Å². The van der Waals surface area contributed by atoms with Crippen LogP contribution in [-0.2, 0) is 0 Å². The van der Waals surface area contributed by atoms with Crippen LogP contribution in [-0.4, -0.2) is 4.98 Å². The lowest BCUT2D eigenvalue weighted by molar-refractivity contribution is 0.472. The molecule has 1 atom stereocenters. The molecule has 0 spiro atoms. The molecule has 1 aromatic heterocycles. The van der Waals surface area contributed by atoms with E-state index in [0.717, 1.165) is 18.4 Å². The molecule has 0 radical (unpaired) electrons. The Balaban J connectivity index is 0.000000399. The van der Waals surface area contributed by atoms with Gasteiger partial charge in [0.1, 0.15) is 5.76 Å². The third kappa shape index (κ3) is 4.36. The third-order valence-electron chi connectivity index (χ3n) is 3.10. The predicted octanol–water partition coefficient (Wildman–Crippen LogP) is 4.07. The summed E-state index contributed by atoms with van der Waals surface area (Å²) in [6.45, 7) is 9.80. The molecule has 19 heavy (non-hydrogen) atoms. The van der Waals surface area contributed by atoms with E-state index in [1.807, 2.05) is 18.2 Å². The first kappa shape index (κ1) is 15.2. The van der Waals surface area contributed by atoms with Gasteiger partial charge in [-0.1, -0.05) is 45.1 Å². The maximum Gasteiger partial charge on any atom is 0.439 e. The van der Waals surface area contributed by atoms with Gasteiger partial charge in [-0.15, -0.1) is 6.58 Å². The van der Waals surface area contributed by atoms with Gasteiger partial charge in [-0.3, -0.25) is 0 Å². The predicted molar refractivity (Wildman–Crippen MR) is 79.7 cm³/mol. The summed E-state index contributed by atoms with van der Waals surface area (Å²) in [5.41, 5.74) is 0.875. The molecule has 1 aliphatic rings. The van der Waals surface area contributed by atoms with Crippen molar-refractivity contribution in [3.05, 3.63) is 52.9 Å². The molecule has 0 saturated carbocycles. The summed E-state index contributed by atoms with van der Waals surface area (Å²) >= 11 is 0. The highest BCUT2D eigenvalue weighted by atomic mass is 16.4. The first-order valence-corrected chi connectivity index (χ1v) is 6.54. The molecule has 0 aliphatic heterocycles. The molecule has 0 fully saturated rings. The topological polar surface area (TPSA) is 43.1 Å². The number of nitrogens with zero attached hydrogens (tertiary/aromatic N) is 1. The zero-order valence-electron chi connectivity index (χ0n) is 11.8. The molecule has 0 N–H and O–H groups in total. The van der Waals surface area contributed by atoms with Gasteiger partial charge in [0.2, 0.25) is 0 Å². The van der Waals surface area contributed by atoms with E-state index in [4.69, 9.17) is 4.42 Å². The van der Waals surface area contributed by atoms with Crippen LogP contribution in [0, 0.1) is 5.41 Å². The summed E-state index contributed by atoms with van der Waals surface area (Å²) in [7, 11) is 0. The van der Waals surface area contributed by atoms with E-state index in [0.29, 0.717) is 5.76 Å². The van der Waals surface area contributed by atoms with Gasteiger partial charge in [0.15, 0.2) is 0 Å². The van der Waals surface area contributed by atoms with Crippen LogP contribution in [0.25, 0.3) is 12.2 Å². The number of aromatic nitrogens is 1. The van der Waals surface area contributed by atoms with E-state index in [2.05, 4.69) is 44.5 Å². The SMILES string of the molecule is C=CCC.CCC1(C)C=Cc2cnc(=O)oc2C=C1.